The number of thiazole rings is 1. The molecule has 1 heterocycles. The minimum Gasteiger partial charge on any atom is -0.343 e. The Kier molecular flexibility index (Phi) is 5.66. The molecule has 2 amide bonds. The Labute approximate surface area is 162 Å². The summed E-state index contributed by atoms with van der Waals surface area (Å²) in [4.78, 5) is 28.7. The molecule has 0 fully saturated rings. The molecule has 0 saturated heterocycles. The van der Waals surface area contributed by atoms with Crippen LogP contribution in [0.15, 0.2) is 47.8 Å². The molecule has 6 heteroatoms. The predicted molar refractivity (Wildman–Crippen MR) is 109 cm³/mol. The summed E-state index contributed by atoms with van der Waals surface area (Å²) < 4.78 is 0. The Morgan fingerprint density at radius 1 is 1.04 bits per heavy atom. The number of hydrogen-bond acceptors (Lipinski definition) is 4. The van der Waals surface area contributed by atoms with Crippen molar-refractivity contribution in [1.82, 2.24) is 10.3 Å². The van der Waals surface area contributed by atoms with Crippen molar-refractivity contribution >= 4 is 28.3 Å². The molecule has 138 valence electrons. The number of carbonyl (C=O) groups excluding carboxylic acids is 2. The first-order chi connectivity index (χ1) is 12.9. The van der Waals surface area contributed by atoms with Crippen LogP contribution in [-0.2, 0) is 4.79 Å². The topological polar surface area (TPSA) is 71.1 Å². The van der Waals surface area contributed by atoms with E-state index in [1.54, 1.807) is 12.1 Å². The predicted octanol–water partition coefficient (Wildman–Crippen LogP) is 4.10. The zero-order chi connectivity index (χ0) is 19.4. The molecule has 0 unspecified atom stereocenters. The Hall–Kier alpha value is -2.99. The molecule has 0 radical (unpaired) electrons. The lowest BCUT2D eigenvalue weighted by Crippen LogP contribution is -2.32. The summed E-state index contributed by atoms with van der Waals surface area (Å²) >= 11 is 1.36. The first-order valence-corrected chi connectivity index (χ1v) is 9.48. The number of aromatic nitrogens is 1. The molecule has 0 saturated carbocycles. The smallest absolute Gasteiger partial charge is 0.251 e. The first kappa shape index (κ1) is 18.8. The van der Waals surface area contributed by atoms with Crippen molar-refractivity contribution in [1.29, 1.82) is 0 Å². The van der Waals surface area contributed by atoms with E-state index in [0.717, 1.165) is 16.8 Å². The lowest BCUT2D eigenvalue weighted by molar-refractivity contribution is -0.115. The third kappa shape index (κ3) is 4.80. The highest BCUT2D eigenvalue weighted by atomic mass is 32.1. The average Bonchev–Trinajstić information content (AvgIpc) is 3.10. The largest absolute Gasteiger partial charge is 0.343 e. The zero-order valence-corrected chi connectivity index (χ0v) is 16.3. The highest BCUT2D eigenvalue weighted by molar-refractivity contribution is 7.14. The SMILES string of the molecule is Cc1cccc(C(=O)NCC(=O)Nc2nc(-c3ccc(C)c(C)c3)cs2)c1. The standard InChI is InChI=1S/C21H21N3O2S/c1-13-5-4-6-17(9-13)20(26)22-11-19(25)24-21-23-18(12-27-21)16-8-7-14(2)15(3)10-16/h4-10,12H,11H2,1-3H3,(H,22,26)(H,23,24,25). The third-order valence-corrected chi connectivity index (χ3v) is 5.00. The summed E-state index contributed by atoms with van der Waals surface area (Å²) in [7, 11) is 0. The van der Waals surface area contributed by atoms with E-state index in [4.69, 9.17) is 0 Å². The quantitative estimate of drug-likeness (QED) is 0.701. The lowest BCUT2D eigenvalue weighted by atomic mass is 10.1. The van der Waals surface area contributed by atoms with Crippen LogP contribution in [0.3, 0.4) is 0 Å². The van der Waals surface area contributed by atoms with E-state index in [1.165, 1.54) is 22.5 Å². The summed E-state index contributed by atoms with van der Waals surface area (Å²) in [6.07, 6.45) is 0. The fourth-order valence-electron chi connectivity index (χ4n) is 2.58. The Morgan fingerprint density at radius 2 is 1.85 bits per heavy atom. The average molecular weight is 379 g/mol. The maximum Gasteiger partial charge on any atom is 0.251 e. The Bertz CT molecular complexity index is 995. The highest BCUT2D eigenvalue weighted by Gasteiger charge is 2.11. The van der Waals surface area contributed by atoms with Gasteiger partial charge in [0.1, 0.15) is 0 Å². The monoisotopic (exact) mass is 379 g/mol. The molecule has 2 aromatic carbocycles. The van der Waals surface area contributed by atoms with Gasteiger partial charge in [-0.1, -0.05) is 29.8 Å². The molecule has 27 heavy (non-hydrogen) atoms. The second-order valence-electron chi connectivity index (χ2n) is 6.44. The van der Waals surface area contributed by atoms with Gasteiger partial charge in [-0.2, -0.15) is 0 Å². The van der Waals surface area contributed by atoms with Crippen molar-refractivity contribution in [2.45, 2.75) is 20.8 Å². The number of anilines is 1. The van der Waals surface area contributed by atoms with Gasteiger partial charge in [-0.3, -0.25) is 9.59 Å². The van der Waals surface area contributed by atoms with E-state index >= 15 is 0 Å². The fraction of sp³-hybridized carbons (Fsp3) is 0.190. The van der Waals surface area contributed by atoms with E-state index in [-0.39, 0.29) is 18.4 Å². The molecule has 5 nitrogen and oxygen atoms in total. The number of rotatable bonds is 5. The van der Waals surface area contributed by atoms with Crippen LogP contribution in [0, 0.1) is 20.8 Å². The van der Waals surface area contributed by atoms with Gasteiger partial charge in [0, 0.05) is 16.5 Å². The Balaban J connectivity index is 1.57. The molecule has 0 aliphatic rings. The van der Waals surface area contributed by atoms with Crippen molar-refractivity contribution in [3.8, 4) is 11.3 Å². The van der Waals surface area contributed by atoms with Crippen LogP contribution >= 0.6 is 11.3 Å². The molecule has 0 aliphatic heterocycles. The molecule has 0 aliphatic carbocycles. The number of nitrogens with one attached hydrogen (secondary N) is 2. The molecule has 3 rings (SSSR count). The summed E-state index contributed by atoms with van der Waals surface area (Å²) in [5.74, 6) is -0.583. The van der Waals surface area contributed by atoms with Gasteiger partial charge < -0.3 is 10.6 Å². The Morgan fingerprint density at radius 3 is 2.59 bits per heavy atom. The number of benzene rings is 2. The minimum atomic E-state index is -0.308. The molecule has 3 aromatic rings. The van der Waals surface area contributed by atoms with Gasteiger partial charge in [-0.25, -0.2) is 4.98 Å². The number of aryl methyl sites for hydroxylation is 3. The number of amides is 2. The van der Waals surface area contributed by atoms with Gasteiger partial charge in [0.05, 0.1) is 12.2 Å². The minimum absolute atomic E-state index is 0.106. The van der Waals surface area contributed by atoms with Gasteiger partial charge in [-0.05, 0) is 50.1 Å². The number of hydrogen-bond donors (Lipinski definition) is 2. The fourth-order valence-corrected chi connectivity index (χ4v) is 3.31. The molecule has 2 N–H and O–H groups in total. The molecule has 1 aromatic heterocycles. The van der Waals surface area contributed by atoms with E-state index in [0.29, 0.717) is 10.7 Å². The molecule has 0 spiro atoms. The summed E-state index contributed by atoms with van der Waals surface area (Å²) in [6, 6.07) is 13.4. The molecule has 0 atom stereocenters. The van der Waals surface area contributed by atoms with Crippen molar-refractivity contribution in [3.63, 3.8) is 0 Å². The van der Waals surface area contributed by atoms with Crippen LogP contribution in [0.1, 0.15) is 27.0 Å². The van der Waals surface area contributed by atoms with E-state index in [1.807, 2.05) is 30.5 Å². The van der Waals surface area contributed by atoms with E-state index < -0.39 is 0 Å². The highest BCUT2D eigenvalue weighted by Crippen LogP contribution is 2.26. The second-order valence-corrected chi connectivity index (χ2v) is 7.30. The maximum atomic E-state index is 12.1. The van der Waals surface area contributed by atoms with Crippen LogP contribution in [0.5, 0.6) is 0 Å². The van der Waals surface area contributed by atoms with Gasteiger partial charge >= 0.3 is 0 Å². The molecule has 0 bridgehead atoms. The summed E-state index contributed by atoms with van der Waals surface area (Å²) in [5.41, 5.74) is 5.80. The molecular weight excluding hydrogens is 358 g/mol. The van der Waals surface area contributed by atoms with Crippen LogP contribution in [0.4, 0.5) is 5.13 Å². The second kappa shape index (κ2) is 8.14. The lowest BCUT2D eigenvalue weighted by Gasteiger charge is -2.06. The third-order valence-electron chi connectivity index (χ3n) is 4.24. The van der Waals surface area contributed by atoms with Crippen LogP contribution in [-0.4, -0.2) is 23.3 Å². The maximum absolute atomic E-state index is 12.1. The van der Waals surface area contributed by atoms with Gasteiger partial charge in [0.15, 0.2) is 5.13 Å². The van der Waals surface area contributed by atoms with Crippen LogP contribution in [0.25, 0.3) is 11.3 Å². The summed E-state index contributed by atoms with van der Waals surface area (Å²) in [6.45, 7) is 5.94. The van der Waals surface area contributed by atoms with Gasteiger partial charge in [0.2, 0.25) is 5.91 Å². The van der Waals surface area contributed by atoms with Crippen LogP contribution in [0.2, 0.25) is 0 Å². The normalized spacial score (nSPS) is 10.5. The van der Waals surface area contributed by atoms with E-state index in [9.17, 15) is 9.59 Å². The van der Waals surface area contributed by atoms with Crippen molar-refractivity contribution < 1.29 is 9.59 Å². The zero-order valence-electron chi connectivity index (χ0n) is 15.5. The van der Waals surface area contributed by atoms with Gasteiger partial charge in [-0.15, -0.1) is 11.3 Å². The summed E-state index contributed by atoms with van der Waals surface area (Å²) in [5, 5.41) is 7.77. The van der Waals surface area contributed by atoms with Gasteiger partial charge in [0.25, 0.3) is 5.91 Å². The number of nitrogens with zero attached hydrogens (tertiary/aromatic N) is 1. The van der Waals surface area contributed by atoms with E-state index in [2.05, 4.69) is 41.6 Å². The van der Waals surface area contributed by atoms with Crippen molar-refractivity contribution in [3.05, 3.63) is 70.1 Å². The number of carbonyl (C=O) groups is 2. The first-order valence-electron chi connectivity index (χ1n) is 8.60. The van der Waals surface area contributed by atoms with Crippen LogP contribution < -0.4 is 10.6 Å². The van der Waals surface area contributed by atoms with Crippen molar-refractivity contribution in [2.24, 2.45) is 0 Å². The van der Waals surface area contributed by atoms with Crippen molar-refractivity contribution in [2.75, 3.05) is 11.9 Å². The molecular formula is C21H21N3O2S.